The minimum atomic E-state index is -0.237. The Morgan fingerprint density at radius 1 is 1.25 bits per heavy atom. The van der Waals surface area contributed by atoms with Crippen molar-refractivity contribution in [2.75, 3.05) is 18.5 Å². The minimum Gasteiger partial charge on any atom is -0.490 e. The lowest BCUT2D eigenvalue weighted by Crippen LogP contribution is -2.11. The number of nitrogens with one attached hydrogen (secondary N) is 1. The molecule has 0 unspecified atom stereocenters. The number of thiazole rings is 1. The highest BCUT2D eigenvalue weighted by molar-refractivity contribution is 7.13. The Morgan fingerprint density at radius 2 is 1.92 bits per heavy atom. The molecule has 0 saturated carbocycles. The number of carbonyl (C=O) groups is 1. The molecule has 0 radical (unpaired) electrons. The normalized spacial score (nSPS) is 14.2. The van der Waals surface area contributed by atoms with Crippen molar-refractivity contribution in [3.05, 3.63) is 33.2 Å². The molecule has 7 heteroatoms. The predicted octanol–water partition coefficient (Wildman–Crippen LogP) is 4.51. The van der Waals surface area contributed by atoms with Gasteiger partial charge in [-0.25, -0.2) is 4.98 Å². The summed E-state index contributed by atoms with van der Waals surface area (Å²) in [4.78, 5) is 17.4. The number of ether oxygens (including phenoxy) is 2. The number of anilines is 1. The summed E-state index contributed by atoms with van der Waals surface area (Å²) in [7, 11) is 0. The zero-order valence-corrected chi connectivity index (χ0v) is 15.4. The van der Waals surface area contributed by atoms with Gasteiger partial charge in [0, 0.05) is 24.0 Å². The molecule has 1 aromatic heterocycles. The Balaban J connectivity index is 1.82. The second-order valence-electron chi connectivity index (χ2n) is 6.56. The Morgan fingerprint density at radius 3 is 2.54 bits per heavy atom. The molecule has 0 fully saturated rings. The van der Waals surface area contributed by atoms with E-state index >= 15 is 0 Å². The molecule has 1 aliphatic heterocycles. The van der Waals surface area contributed by atoms with Crippen molar-refractivity contribution in [3.63, 3.8) is 0 Å². The van der Waals surface area contributed by atoms with Crippen LogP contribution in [0.2, 0.25) is 5.02 Å². The molecular formula is C17H19ClN2O3S. The van der Waals surface area contributed by atoms with Crippen molar-refractivity contribution in [2.45, 2.75) is 32.6 Å². The number of rotatable bonds is 2. The Kier molecular flexibility index (Phi) is 4.69. The lowest BCUT2D eigenvalue weighted by atomic mass is 9.98. The molecule has 2 aromatic rings. The maximum absolute atomic E-state index is 12.5. The lowest BCUT2D eigenvalue weighted by Gasteiger charge is -2.13. The third-order valence-electron chi connectivity index (χ3n) is 3.46. The third-order valence-corrected chi connectivity index (χ3v) is 5.19. The Labute approximate surface area is 150 Å². The van der Waals surface area contributed by atoms with Crippen LogP contribution in [0.25, 0.3) is 0 Å². The first-order valence-electron chi connectivity index (χ1n) is 7.71. The summed E-state index contributed by atoms with van der Waals surface area (Å²) in [6, 6.07) is 3.37. The standard InChI is InChI=1S/C17H19ClN2O3S/c1-17(2,3)16-19-9-14(24-16)15(21)20-11-8-13-12(7-10(11)18)22-5-4-6-23-13/h7-9H,4-6H2,1-3H3,(H,20,21). The number of benzene rings is 1. The van der Waals surface area contributed by atoms with Gasteiger partial charge in [-0.2, -0.15) is 0 Å². The van der Waals surface area contributed by atoms with Crippen molar-refractivity contribution in [1.29, 1.82) is 0 Å². The first-order chi connectivity index (χ1) is 11.3. The zero-order valence-electron chi connectivity index (χ0n) is 13.8. The first-order valence-corrected chi connectivity index (χ1v) is 8.91. The van der Waals surface area contributed by atoms with Gasteiger partial charge in [0.05, 0.1) is 35.1 Å². The molecular weight excluding hydrogens is 348 g/mol. The van der Waals surface area contributed by atoms with Crippen molar-refractivity contribution in [3.8, 4) is 11.5 Å². The minimum absolute atomic E-state index is 0.0872. The van der Waals surface area contributed by atoms with E-state index in [-0.39, 0.29) is 11.3 Å². The number of amides is 1. The molecule has 5 nitrogen and oxygen atoms in total. The molecule has 0 aliphatic carbocycles. The summed E-state index contributed by atoms with van der Waals surface area (Å²) < 4.78 is 11.2. The van der Waals surface area contributed by atoms with Crippen molar-refractivity contribution in [1.82, 2.24) is 4.98 Å². The van der Waals surface area contributed by atoms with Gasteiger partial charge in [0.2, 0.25) is 0 Å². The zero-order chi connectivity index (χ0) is 17.3. The van der Waals surface area contributed by atoms with Gasteiger partial charge >= 0.3 is 0 Å². The highest BCUT2D eigenvalue weighted by Crippen LogP contribution is 2.38. The average molecular weight is 367 g/mol. The smallest absolute Gasteiger partial charge is 0.267 e. The largest absolute Gasteiger partial charge is 0.490 e. The Bertz CT molecular complexity index is 768. The molecule has 0 saturated heterocycles. The number of hydrogen-bond acceptors (Lipinski definition) is 5. The van der Waals surface area contributed by atoms with E-state index in [1.54, 1.807) is 18.3 Å². The van der Waals surface area contributed by atoms with Crippen molar-refractivity contribution < 1.29 is 14.3 Å². The van der Waals surface area contributed by atoms with Gasteiger partial charge < -0.3 is 14.8 Å². The summed E-state index contributed by atoms with van der Waals surface area (Å²) in [5.74, 6) is 0.953. The second-order valence-corrected chi connectivity index (χ2v) is 8.00. The number of hydrogen-bond donors (Lipinski definition) is 1. The number of carbonyl (C=O) groups excluding carboxylic acids is 1. The highest BCUT2D eigenvalue weighted by Gasteiger charge is 2.21. The third kappa shape index (κ3) is 3.65. The van der Waals surface area contributed by atoms with Crippen LogP contribution >= 0.6 is 22.9 Å². The fraction of sp³-hybridized carbons (Fsp3) is 0.412. The monoisotopic (exact) mass is 366 g/mol. The molecule has 1 aliphatic rings. The van der Waals surface area contributed by atoms with Gasteiger partial charge in [-0.15, -0.1) is 11.3 Å². The summed E-state index contributed by atoms with van der Waals surface area (Å²) in [5, 5.41) is 4.15. The number of halogens is 1. The maximum Gasteiger partial charge on any atom is 0.267 e. The van der Waals surface area contributed by atoms with Gasteiger partial charge in [-0.3, -0.25) is 4.79 Å². The molecule has 1 aromatic carbocycles. The summed E-state index contributed by atoms with van der Waals surface area (Å²) in [6.07, 6.45) is 2.40. The van der Waals surface area contributed by atoms with Crippen molar-refractivity contribution >= 4 is 34.5 Å². The topological polar surface area (TPSA) is 60.5 Å². The van der Waals surface area contributed by atoms with E-state index < -0.39 is 0 Å². The van der Waals surface area contributed by atoms with Crippen molar-refractivity contribution in [2.24, 2.45) is 0 Å². The van der Waals surface area contributed by atoms with E-state index in [9.17, 15) is 4.79 Å². The summed E-state index contributed by atoms with van der Waals surface area (Å²) in [6.45, 7) is 7.36. The van der Waals surface area contributed by atoms with Crippen LogP contribution in [0, 0.1) is 0 Å². The van der Waals surface area contributed by atoms with Gasteiger partial charge in [0.15, 0.2) is 11.5 Å². The van der Waals surface area contributed by atoms with E-state index in [0.29, 0.717) is 40.3 Å². The lowest BCUT2D eigenvalue weighted by molar-refractivity contribution is 0.103. The van der Waals surface area contributed by atoms with E-state index in [1.807, 2.05) is 0 Å². The van der Waals surface area contributed by atoms with Gasteiger partial charge in [0.1, 0.15) is 4.88 Å². The fourth-order valence-corrected chi connectivity index (χ4v) is 3.26. The van der Waals surface area contributed by atoms with Crippen LogP contribution in [0.5, 0.6) is 11.5 Å². The summed E-state index contributed by atoms with van der Waals surface area (Å²) >= 11 is 7.64. The van der Waals surface area contributed by atoms with E-state index in [4.69, 9.17) is 21.1 Å². The maximum atomic E-state index is 12.5. The SMILES string of the molecule is CC(C)(C)c1ncc(C(=O)Nc2cc3c(cc2Cl)OCCCO3)s1. The van der Waals surface area contributed by atoms with Crippen LogP contribution in [0.4, 0.5) is 5.69 Å². The molecule has 128 valence electrons. The second kappa shape index (κ2) is 6.61. The number of nitrogens with zero attached hydrogens (tertiary/aromatic N) is 1. The molecule has 1 amide bonds. The van der Waals surface area contributed by atoms with Crippen LogP contribution in [-0.4, -0.2) is 24.1 Å². The van der Waals surface area contributed by atoms with Crippen LogP contribution < -0.4 is 14.8 Å². The van der Waals surface area contributed by atoms with Crippen LogP contribution in [0.15, 0.2) is 18.3 Å². The van der Waals surface area contributed by atoms with E-state index in [0.717, 1.165) is 11.4 Å². The predicted molar refractivity (Wildman–Crippen MR) is 95.8 cm³/mol. The van der Waals surface area contributed by atoms with E-state index in [1.165, 1.54) is 11.3 Å². The molecule has 0 bridgehead atoms. The van der Waals surface area contributed by atoms with Gasteiger partial charge in [0.25, 0.3) is 5.91 Å². The van der Waals surface area contributed by atoms with E-state index in [2.05, 4.69) is 31.1 Å². The van der Waals surface area contributed by atoms with Gasteiger partial charge in [-0.1, -0.05) is 32.4 Å². The van der Waals surface area contributed by atoms with Crippen LogP contribution in [0.1, 0.15) is 41.9 Å². The molecule has 2 heterocycles. The molecule has 24 heavy (non-hydrogen) atoms. The molecule has 3 rings (SSSR count). The first kappa shape index (κ1) is 17.0. The summed E-state index contributed by atoms with van der Waals surface area (Å²) in [5.41, 5.74) is 0.410. The van der Waals surface area contributed by atoms with Crippen LogP contribution in [0.3, 0.4) is 0 Å². The molecule has 0 spiro atoms. The highest BCUT2D eigenvalue weighted by atomic mass is 35.5. The quantitative estimate of drug-likeness (QED) is 0.849. The molecule has 1 N–H and O–H groups in total. The number of fused-ring (bicyclic) bond motifs is 1. The fourth-order valence-electron chi connectivity index (χ4n) is 2.19. The van der Waals surface area contributed by atoms with Crippen LogP contribution in [-0.2, 0) is 5.41 Å². The molecule has 0 atom stereocenters. The average Bonchev–Trinajstić information content (AvgIpc) is 2.91. The Hall–Kier alpha value is -1.79. The van der Waals surface area contributed by atoms with Gasteiger partial charge in [-0.05, 0) is 0 Å². The number of aromatic nitrogens is 1.